The summed E-state index contributed by atoms with van der Waals surface area (Å²) in [6, 6.07) is 4.05. The van der Waals surface area contributed by atoms with Crippen LogP contribution in [0.4, 0.5) is 0 Å². The normalized spacial score (nSPS) is 37.6. The van der Waals surface area contributed by atoms with Gasteiger partial charge >= 0.3 is 0 Å². The van der Waals surface area contributed by atoms with Crippen LogP contribution in [-0.2, 0) is 16.6 Å². The van der Waals surface area contributed by atoms with Gasteiger partial charge in [0.15, 0.2) is 23.4 Å². The van der Waals surface area contributed by atoms with Crippen molar-refractivity contribution >= 4 is 5.78 Å². The fourth-order valence-electron chi connectivity index (χ4n) is 5.69. The highest BCUT2D eigenvalue weighted by atomic mass is 16.5. The van der Waals surface area contributed by atoms with Crippen LogP contribution < -0.4 is 9.47 Å². The molecule has 2 N–H and O–H groups in total. The lowest BCUT2D eigenvalue weighted by molar-refractivity contribution is -0.185. The molecule has 1 saturated heterocycles. The molecule has 6 heteroatoms. The molecule has 5 rings (SSSR count). The minimum absolute atomic E-state index is 0.0438. The van der Waals surface area contributed by atoms with Crippen molar-refractivity contribution in [3.63, 3.8) is 0 Å². The average Bonchev–Trinajstić information content (AvgIpc) is 2.98. The van der Waals surface area contributed by atoms with Gasteiger partial charge in [-0.2, -0.15) is 0 Å². The summed E-state index contributed by atoms with van der Waals surface area (Å²) in [6.45, 7) is 0.871. The summed E-state index contributed by atoms with van der Waals surface area (Å²) in [4.78, 5) is 14.9. The molecule has 0 radical (unpaired) electrons. The maximum absolute atomic E-state index is 12.7. The summed E-state index contributed by atoms with van der Waals surface area (Å²) in [5.41, 5.74) is 0.737. The number of nitrogens with zero attached hydrogens (tertiary/aromatic N) is 1. The zero-order valence-electron chi connectivity index (χ0n) is 14.9. The Balaban J connectivity index is 0.000000758. The van der Waals surface area contributed by atoms with E-state index in [1.165, 1.54) is 5.56 Å². The van der Waals surface area contributed by atoms with E-state index in [9.17, 15) is 9.90 Å². The SMILES string of the molecule is CO.COc1ccc2c3c1O[C@H]1C(=O)CC[C@@]4(O)[C@@H](C2)N(C)CC[C@]314. The van der Waals surface area contributed by atoms with Crippen LogP contribution in [-0.4, -0.2) is 66.5 Å². The predicted octanol–water partition coefficient (Wildman–Crippen LogP) is 0.657. The second-order valence-electron chi connectivity index (χ2n) is 7.44. The Labute approximate surface area is 147 Å². The number of aliphatic hydroxyl groups excluding tert-OH is 1. The number of likely N-dealkylation sites (N-methyl/N-ethyl adjacent to an activating group) is 1. The third kappa shape index (κ3) is 1.77. The van der Waals surface area contributed by atoms with Crippen LogP contribution in [0.3, 0.4) is 0 Å². The van der Waals surface area contributed by atoms with Crippen molar-refractivity contribution < 1.29 is 24.5 Å². The zero-order chi connectivity index (χ0) is 18.0. The number of benzene rings is 1. The van der Waals surface area contributed by atoms with Gasteiger partial charge in [-0.25, -0.2) is 0 Å². The van der Waals surface area contributed by atoms with Crippen molar-refractivity contribution in [2.24, 2.45) is 0 Å². The van der Waals surface area contributed by atoms with Gasteiger partial charge in [-0.1, -0.05) is 6.07 Å². The maximum atomic E-state index is 12.7. The van der Waals surface area contributed by atoms with Crippen molar-refractivity contribution in [1.29, 1.82) is 0 Å². The quantitative estimate of drug-likeness (QED) is 0.777. The summed E-state index contributed by atoms with van der Waals surface area (Å²) in [5.74, 6) is 1.47. The van der Waals surface area contributed by atoms with Crippen molar-refractivity contribution in [3.05, 3.63) is 23.3 Å². The zero-order valence-corrected chi connectivity index (χ0v) is 14.9. The molecule has 4 atom stereocenters. The molecule has 1 spiro atoms. The van der Waals surface area contributed by atoms with E-state index in [-0.39, 0.29) is 11.8 Å². The molecule has 2 fully saturated rings. The van der Waals surface area contributed by atoms with E-state index in [1.807, 2.05) is 6.07 Å². The standard InChI is InChI=1S/C18H21NO4.CH4O/c1-19-8-7-17-14-10-3-4-12(22-2)15(14)23-16(17)11(20)5-6-18(17,21)13(19)9-10;1-2/h3-4,13,16,21H,5-9H2,1-2H3;2H,1H3/t13-,16+,17+,18-;/m1./s1. The third-order valence-corrected chi connectivity index (χ3v) is 6.73. The summed E-state index contributed by atoms with van der Waals surface area (Å²) in [7, 11) is 4.70. The highest BCUT2D eigenvalue weighted by Gasteiger charge is 2.72. The van der Waals surface area contributed by atoms with Gasteiger partial charge in [0.1, 0.15) is 0 Å². The number of carbonyl (C=O) groups is 1. The molecule has 136 valence electrons. The van der Waals surface area contributed by atoms with E-state index in [0.29, 0.717) is 24.3 Å². The molecule has 0 unspecified atom stereocenters. The highest BCUT2D eigenvalue weighted by molar-refractivity contribution is 5.90. The van der Waals surface area contributed by atoms with Gasteiger partial charge in [0, 0.05) is 25.1 Å². The van der Waals surface area contributed by atoms with Crippen LogP contribution in [0.1, 0.15) is 30.4 Å². The molecular weight excluding hydrogens is 322 g/mol. The topological polar surface area (TPSA) is 79.2 Å². The van der Waals surface area contributed by atoms with Crippen LogP contribution in [0.2, 0.25) is 0 Å². The van der Waals surface area contributed by atoms with Crippen LogP contribution >= 0.6 is 0 Å². The second kappa shape index (κ2) is 5.43. The Morgan fingerprint density at radius 3 is 2.80 bits per heavy atom. The van der Waals surface area contributed by atoms with E-state index < -0.39 is 17.1 Å². The molecule has 4 aliphatic rings. The molecule has 2 aliphatic heterocycles. The smallest absolute Gasteiger partial charge is 0.174 e. The molecule has 2 heterocycles. The first-order valence-electron chi connectivity index (χ1n) is 8.80. The summed E-state index contributed by atoms with van der Waals surface area (Å²) in [6.07, 6.45) is 1.89. The first-order valence-corrected chi connectivity index (χ1v) is 8.80. The molecule has 0 amide bonds. The van der Waals surface area contributed by atoms with Gasteiger partial charge in [0.25, 0.3) is 0 Å². The van der Waals surface area contributed by atoms with Gasteiger partial charge < -0.3 is 24.6 Å². The van der Waals surface area contributed by atoms with Gasteiger partial charge in [-0.15, -0.1) is 0 Å². The summed E-state index contributed by atoms with van der Waals surface area (Å²) < 4.78 is 11.6. The monoisotopic (exact) mass is 347 g/mol. The van der Waals surface area contributed by atoms with E-state index in [4.69, 9.17) is 14.6 Å². The number of carbonyl (C=O) groups excluding carboxylic acids is 1. The van der Waals surface area contributed by atoms with Gasteiger partial charge in [0.2, 0.25) is 0 Å². The number of methoxy groups -OCH3 is 1. The first-order chi connectivity index (χ1) is 12.0. The average molecular weight is 347 g/mol. The lowest BCUT2D eigenvalue weighted by Gasteiger charge is -2.62. The Morgan fingerprint density at radius 2 is 2.08 bits per heavy atom. The molecular formula is C19H25NO5. The van der Waals surface area contributed by atoms with Crippen molar-refractivity contribution in [3.8, 4) is 11.5 Å². The minimum Gasteiger partial charge on any atom is -0.493 e. The molecule has 2 aliphatic carbocycles. The van der Waals surface area contributed by atoms with Gasteiger partial charge in [0.05, 0.1) is 18.1 Å². The molecule has 25 heavy (non-hydrogen) atoms. The molecule has 1 aromatic rings. The van der Waals surface area contributed by atoms with Crippen LogP contribution in [0.25, 0.3) is 0 Å². The Hall–Kier alpha value is -1.63. The number of likely N-dealkylation sites (tertiary alicyclic amines) is 1. The number of hydrogen-bond donors (Lipinski definition) is 2. The number of ketones is 1. The Bertz CT molecular complexity index is 735. The van der Waals surface area contributed by atoms with E-state index in [0.717, 1.165) is 32.1 Å². The lowest BCUT2D eigenvalue weighted by Crippen LogP contribution is -2.76. The van der Waals surface area contributed by atoms with Gasteiger partial charge in [-0.3, -0.25) is 4.79 Å². The fraction of sp³-hybridized carbons (Fsp3) is 0.632. The van der Waals surface area contributed by atoms with E-state index >= 15 is 0 Å². The number of ether oxygens (including phenoxy) is 2. The Kier molecular flexibility index (Phi) is 3.65. The van der Waals surface area contributed by atoms with Crippen molar-refractivity contribution in [1.82, 2.24) is 4.90 Å². The number of hydrogen-bond acceptors (Lipinski definition) is 6. The minimum atomic E-state index is -0.900. The van der Waals surface area contributed by atoms with Crippen molar-refractivity contribution in [2.45, 2.75) is 48.8 Å². The number of piperidine rings is 1. The second-order valence-corrected chi connectivity index (χ2v) is 7.44. The molecule has 6 nitrogen and oxygen atoms in total. The summed E-state index contributed by atoms with van der Waals surface area (Å²) >= 11 is 0. The molecule has 2 bridgehead atoms. The summed E-state index contributed by atoms with van der Waals surface area (Å²) in [5, 5.41) is 18.7. The maximum Gasteiger partial charge on any atom is 0.174 e. The lowest BCUT2D eigenvalue weighted by atomic mass is 9.49. The number of aliphatic hydroxyl groups is 2. The van der Waals surface area contributed by atoms with Crippen LogP contribution in [0, 0.1) is 0 Å². The van der Waals surface area contributed by atoms with Crippen LogP contribution in [0.15, 0.2) is 12.1 Å². The largest absolute Gasteiger partial charge is 0.493 e. The predicted molar refractivity (Wildman–Crippen MR) is 91.2 cm³/mol. The number of rotatable bonds is 1. The Morgan fingerprint density at radius 1 is 1.32 bits per heavy atom. The fourth-order valence-corrected chi connectivity index (χ4v) is 5.69. The molecule has 0 aromatic heterocycles. The van der Waals surface area contributed by atoms with E-state index in [2.05, 4.69) is 18.0 Å². The van der Waals surface area contributed by atoms with Crippen LogP contribution in [0.5, 0.6) is 11.5 Å². The molecule has 1 saturated carbocycles. The van der Waals surface area contributed by atoms with Gasteiger partial charge in [-0.05, 0) is 44.5 Å². The highest BCUT2D eigenvalue weighted by Crippen LogP contribution is 2.64. The van der Waals surface area contributed by atoms with E-state index in [1.54, 1.807) is 7.11 Å². The molecule has 1 aromatic carbocycles. The third-order valence-electron chi connectivity index (χ3n) is 6.73. The number of Topliss-reactive ketones (excluding diaryl/α,β-unsaturated/α-hetero) is 1. The first kappa shape index (κ1) is 16.8. The van der Waals surface area contributed by atoms with Crippen molar-refractivity contribution in [2.75, 3.05) is 27.8 Å².